The summed E-state index contributed by atoms with van der Waals surface area (Å²) in [7, 11) is 0. The summed E-state index contributed by atoms with van der Waals surface area (Å²) in [5.41, 5.74) is 0.795. The summed E-state index contributed by atoms with van der Waals surface area (Å²) in [4.78, 5) is 10.6. The fourth-order valence-electron chi connectivity index (χ4n) is 1.40. The van der Waals surface area contributed by atoms with Gasteiger partial charge in [0.15, 0.2) is 0 Å². The van der Waals surface area contributed by atoms with Gasteiger partial charge in [0, 0.05) is 4.47 Å². The zero-order valence-corrected chi connectivity index (χ0v) is 11.9. The van der Waals surface area contributed by atoms with Crippen molar-refractivity contribution in [1.29, 1.82) is 0 Å². The van der Waals surface area contributed by atoms with Gasteiger partial charge < -0.3 is 5.11 Å². The number of halogens is 3. The minimum atomic E-state index is -0.977. The van der Waals surface area contributed by atoms with E-state index in [0.717, 1.165) is 4.47 Å². The monoisotopic (exact) mass is 349 g/mol. The molecule has 0 unspecified atom stereocenters. The Hall–Kier alpha value is -1.11. The zero-order valence-electron chi connectivity index (χ0n) is 8.77. The Labute approximate surface area is 120 Å². The Balaban J connectivity index is 2.43. The molecule has 0 atom stereocenters. The van der Waals surface area contributed by atoms with Crippen LogP contribution in [0.5, 0.6) is 0 Å². The van der Waals surface area contributed by atoms with Crippen molar-refractivity contribution >= 4 is 45.1 Å². The lowest BCUT2D eigenvalue weighted by Gasteiger charge is -2.06. The molecule has 1 heterocycles. The number of aromatic nitrogens is 3. The van der Waals surface area contributed by atoms with E-state index < -0.39 is 5.97 Å². The maximum Gasteiger partial charge on any atom is 0.309 e. The van der Waals surface area contributed by atoms with Crippen molar-refractivity contribution in [3.8, 4) is 5.69 Å². The first-order valence-electron chi connectivity index (χ1n) is 4.75. The van der Waals surface area contributed by atoms with Crippen LogP contribution in [0.2, 0.25) is 10.0 Å². The van der Waals surface area contributed by atoms with Crippen LogP contribution >= 0.6 is 39.1 Å². The van der Waals surface area contributed by atoms with E-state index in [2.05, 4.69) is 26.2 Å². The molecule has 8 heteroatoms. The van der Waals surface area contributed by atoms with Crippen LogP contribution in [0.3, 0.4) is 0 Å². The number of carboxylic acids is 1. The lowest BCUT2D eigenvalue weighted by molar-refractivity contribution is -0.136. The zero-order chi connectivity index (χ0) is 13.3. The molecule has 5 nitrogen and oxygen atoms in total. The topological polar surface area (TPSA) is 68.0 Å². The molecule has 0 fully saturated rings. The van der Waals surface area contributed by atoms with Gasteiger partial charge in [-0.1, -0.05) is 44.3 Å². The molecule has 0 spiro atoms. The SMILES string of the molecule is O=C(O)Cc1cn(-c2c(Cl)cc(Br)cc2Cl)nn1. The van der Waals surface area contributed by atoms with Crippen molar-refractivity contribution in [2.24, 2.45) is 0 Å². The number of nitrogens with zero attached hydrogens (tertiary/aromatic N) is 3. The van der Waals surface area contributed by atoms with Crippen LogP contribution in [0.1, 0.15) is 5.69 Å². The van der Waals surface area contributed by atoms with Crippen LogP contribution in [-0.4, -0.2) is 26.1 Å². The number of carbonyl (C=O) groups is 1. The molecule has 0 bridgehead atoms. The second-order valence-electron chi connectivity index (χ2n) is 3.44. The summed E-state index contributed by atoms with van der Waals surface area (Å²) in [5.74, 6) is -0.977. The standard InChI is InChI=1S/C10H6BrCl2N3O2/c11-5-1-7(12)10(8(13)2-5)16-4-6(14-15-16)3-9(17)18/h1-2,4H,3H2,(H,17,18). The van der Waals surface area contributed by atoms with E-state index in [4.69, 9.17) is 28.3 Å². The maximum atomic E-state index is 10.6. The molecule has 0 aliphatic heterocycles. The predicted octanol–water partition coefficient (Wildman–Crippen LogP) is 2.96. The maximum absolute atomic E-state index is 10.6. The van der Waals surface area contributed by atoms with Gasteiger partial charge in [0.05, 0.1) is 28.4 Å². The van der Waals surface area contributed by atoms with E-state index >= 15 is 0 Å². The van der Waals surface area contributed by atoms with Gasteiger partial charge >= 0.3 is 5.97 Å². The third-order valence-corrected chi connectivity index (χ3v) is 3.12. The van der Waals surface area contributed by atoms with Crippen molar-refractivity contribution in [3.63, 3.8) is 0 Å². The molecule has 0 saturated heterocycles. The first-order chi connectivity index (χ1) is 8.47. The molecular weight excluding hydrogens is 345 g/mol. The van der Waals surface area contributed by atoms with E-state index in [0.29, 0.717) is 21.4 Å². The van der Waals surface area contributed by atoms with E-state index in [1.54, 1.807) is 12.1 Å². The lowest BCUT2D eigenvalue weighted by Crippen LogP contribution is -2.00. The van der Waals surface area contributed by atoms with Crippen molar-refractivity contribution < 1.29 is 9.90 Å². The van der Waals surface area contributed by atoms with Crippen LogP contribution in [0, 0.1) is 0 Å². The normalized spacial score (nSPS) is 10.6. The van der Waals surface area contributed by atoms with Crippen LogP contribution < -0.4 is 0 Å². The van der Waals surface area contributed by atoms with Gasteiger partial charge in [0.2, 0.25) is 0 Å². The fourth-order valence-corrected chi connectivity index (χ4v) is 2.78. The Morgan fingerprint density at radius 1 is 1.39 bits per heavy atom. The molecule has 18 heavy (non-hydrogen) atoms. The lowest BCUT2D eigenvalue weighted by atomic mass is 10.3. The molecule has 1 N–H and O–H groups in total. The van der Waals surface area contributed by atoms with Gasteiger partial charge in [-0.2, -0.15) is 0 Å². The van der Waals surface area contributed by atoms with Gasteiger partial charge in [-0.25, -0.2) is 4.68 Å². The van der Waals surface area contributed by atoms with Gasteiger partial charge in [-0.15, -0.1) is 5.10 Å². The van der Waals surface area contributed by atoms with Gasteiger partial charge in [0.25, 0.3) is 0 Å². The van der Waals surface area contributed by atoms with Crippen LogP contribution in [0.25, 0.3) is 5.69 Å². The Morgan fingerprint density at radius 2 is 2.00 bits per heavy atom. The predicted molar refractivity (Wildman–Crippen MR) is 70.4 cm³/mol. The molecule has 0 saturated carbocycles. The minimum absolute atomic E-state index is 0.203. The molecule has 0 amide bonds. The number of aliphatic carboxylic acids is 1. The summed E-state index contributed by atoms with van der Waals surface area (Å²) in [5, 5.41) is 17.0. The number of carboxylic acid groups (broad SMARTS) is 1. The van der Waals surface area contributed by atoms with E-state index in [1.165, 1.54) is 10.9 Å². The third-order valence-electron chi connectivity index (χ3n) is 2.08. The van der Waals surface area contributed by atoms with E-state index in [-0.39, 0.29) is 6.42 Å². The van der Waals surface area contributed by atoms with Crippen LogP contribution in [0.4, 0.5) is 0 Å². The molecule has 0 radical (unpaired) electrons. The summed E-state index contributed by atoms with van der Waals surface area (Å²) < 4.78 is 2.10. The largest absolute Gasteiger partial charge is 0.481 e. The summed E-state index contributed by atoms with van der Waals surface area (Å²) in [6, 6.07) is 3.34. The molecule has 0 aliphatic rings. The molecule has 1 aromatic heterocycles. The fraction of sp³-hybridized carbons (Fsp3) is 0.100. The average molecular weight is 351 g/mol. The van der Waals surface area contributed by atoms with Crippen molar-refractivity contribution in [2.75, 3.05) is 0 Å². The Bertz CT molecular complexity index is 592. The molecule has 1 aromatic carbocycles. The average Bonchev–Trinajstić information content (AvgIpc) is 2.63. The highest BCUT2D eigenvalue weighted by atomic mass is 79.9. The third kappa shape index (κ3) is 2.82. The Morgan fingerprint density at radius 3 is 2.56 bits per heavy atom. The summed E-state index contributed by atoms with van der Waals surface area (Å²) in [6.07, 6.45) is 1.28. The van der Waals surface area contributed by atoms with Crippen molar-refractivity contribution in [2.45, 2.75) is 6.42 Å². The highest BCUT2D eigenvalue weighted by molar-refractivity contribution is 9.10. The van der Waals surface area contributed by atoms with Crippen LogP contribution in [-0.2, 0) is 11.2 Å². The van der Waals surface area contributed by atoms with Gasteiger partial charge in [0.1, 0.15) is 5.69 Å². The minimum Gasteiger partial charge on any atom is -0.481 e. The second-order valence-corrected chi connectivity index (χ2v) is 5.17. The van der Waals surface area contributed by atoms with Gasteiger partial charge in [-0.05, 0) is 12.1 Å². The second kappa shape index (κ2) is 5.26. The summed E-state index contributed by atoms with van der Waals surface area (Å²) in [6.45, 7) is 0. The van der Waals surface area contributed by atoms with Crippen LogP contribution in [0.15, 0.2) is 22.8 Å². The van der Waals surface area contributed by atoms with Crippen molar-refractivity contribution in [1.82, 2.24) is 15.0 Å². The highest BCUT2D eigenvalue weighted by Crippen LogP contribution is 2.31. The van der Waals surface area contributed by atoms with E-state index in [1.807, 2.05) is 0 Å². The quantitative estimate of drug-likeness (QED) is 0.923. The molecule has 0 aliphatic carbocycles. The number of hydrogen-bond donors (Lipinski definition) is 1. The molecule has 2 aromatic rings. The molecular formula is C10H6BrCl2N3O2. The summed E-state index contributed by atoms with van der Waals surface area (Å²) >= 11 is 15.4. The highest BCUT2D eigenvalue weighted by Gasteiger charge is 2.13. The molecule has 2 rings (SSSR count). The molecule has 94 valence electrons. The van der Waals surface area contributed by atoms with Crippen molar-refractivity contribution in [3.05, 3.63) is 38.5 Å². The number of hydrogen-bond acceptors (Lipinski definition) is 3. The van der Waals surface area contributed by atoms with Gasteiger partial charge in [-0.3, -0.25) is 4.79 Å². The Kier molecular flexibility index (Phi) is 3.89. The first-order valence-corrected chi connectivity index (χ1v) is 6.30. The van der Waals surface area contributed by atoms with E-state index in [9.17, 15) is 4.79 Å². The number of benzene rings is 1. The number of rotatable bonds is 3. The first kappa shape index (κ1) is 13.3. The smallest absolute Gasteiger partial charge is 0.309 e.